The van der Waals surface area contributed by atoms with Crippen LogP contribution < -0.4 is 11.1 Å². The second-order valence-corrected chi connectivity index (χ2v) is 6.38. The molecule has 126 valence electrons. The van der Waals surface area contributed by atoms with Gasteiger partial charge in [0.25, 0.3) is 0 Å². The highest BCUT2D eigenvalue weighted by Gasteiger charge is 2.33. The number of anilines is 1. The van der Waals surface area contributed by atoms with E-state index in [0.29, 0.717) is 6.54 Å². The zero-order valence-corrected chi connectivity index (χ0v) is 15.4. The van der Waals surface area contributed by atoms with Crippen molar-refractivity contribution in [2.75, 3.05) is 11.9 Å². The molecule has 6 heteroatoms. The predicted octanol–water partition coefficient (Wildman–Crippen LogP) is 4.24. The van der Waals surface area contributed by atoms with Gasteiger partial charge in [0.1, 0.15) is 5.01 Å². The summed E-state index contributed by atoms with van der Waals surface area (Å²) in [5, 5.41) is 6.00. The minimum absolute atomic E-state index is 0. The highest BCUT2D eigenvalue weighted by molar-refractivity contribution is 7.13. The lowest BCUT2D eigenvalue weighted by molar-refractivity contribution is -0.125. The van der Waals surface area contributed by atoms with E-state index in [1.54, 1.807) is 11.3 Å². The Balaban J connectivity index is 0.00000264. The second kappa shape index (κ2) is 8.43. The Morgan fingerprint density at radius 2 is 2.04 bits per heavy atom. The Morgan fingerprint density at radius 1 is 1.35 bits per heavy atom. The number of carbonyl (C=O) groups is 1. The number of amides is 1. The minimum Gasteiger partial charge on any atom is -0.329 e. The maximum atomic E-state index is 12.6. The molecule has 2 rings (SSSR count). The number of benzene rings is 1. The van der Waals surface area contributed by atoms with Crippen LogP contribution in [0.2, 0.25) is 0 Å². The van der Waals surface area contributed by atoms with Crippen LogP contribution in [0, 0.1) is 12.3 Å². The first-order chi connectivity index (χ1) is 10.5. The van der Waals surface area contributed by atoms with E-state index < -0.39 is 5.41 Å². The first-order valence-corrected chi connectivity index (χ1v) is 8.46. The van der Waals surface area contributed by atoms with Gasteiger partial charge in [-0.25, -0.2) is 4.98 Å². The van der Waals surface area contributed by atoms with Crippen LogP contribution in [0.25, 0.3) is 10.6 Å². The minimum atomic E-state index is -0.492. The van der Waals surface area contributed by atoms with E-state index >= 15 is 0 Å². The van der Waals surface area contributed by atoms with E-state index in [4.69, 9.17) is 5.73 Å². The van der Waals surface area contributed by atoms with Crippen LogP contribution in [0.5, 0.6) is 0 Å². The van der Waals surface area contributed by atoms with Crippen molar-refractivity contribution in [1.82, 2.24) is 4.98 Å². The molecule has 0 aliphatic heterocycles. The number of nitrogens with two attached hydrogens (primary N) is 1. The molecule has 0 saturated heterocycles. The first kappa shape index (κ1) is 19.6. The lowest BCUT2D eigenvalue weighted by atomic mass is 9.81. The van der Waals surface area contributed by atoms with E-state index in [1.807, 2.05) is 50.4 Å². The van der Waals surface area contributed by atoms with E-state index in [1.165, 1.54) is 0 Å². The van der Waals surface area contributed by atoms with Crippen molar-refractivity contribution in [2.45, 2.75) is 33.6 Å². The van der Waals surface area contributed by atoms with Crippen molar-refractivity contribution in [3.8, 4) is 10.6 Å². The van der Waals surface area contributed by atoms with Crippen molar-refractivity contribution in [3.63, 3.8) is 0 Å². The number of carbonyl (C=O) groups excluding carboxylic acids is 1. The molecule has 4 nitrogen and oxygen atoms in total. The number of nitrogens with one attached hydrogen (secondary N) is 1. The van der Waals surface area contributed by atoms with E-state index in [9.17, 15) is 4.79 Å². The second-order valence-electron chi connectivity index (χ2n) is 5.52. The molecule has 0 unspecified atom stereocenters. The zero-order valence-electron chi connectivity index (χ0n) is 13.8. The predicted molar refractivity (Wildman–Crippen MR) is 100 cm³/mol. The molecule has 2 aromatic rings. The molecule has 1 amide bonds. The van der Waals surface area contributed by atoms with E-state index in [0.717, 1.165) is 34.8 Å². The van der Waals surface area contributed by atoms with Gasteiger partial charge in [-0.1, -0.05) is 26.0 Å². The summed E-state index contributed by atoms with van der Waals surface area (Å²) in [5.74, 6) is -0.00697. The summed E-state index contributed by atoms with van der Waals surface area (Å²) in [6, 6.07) is 7.80. The summed E-state index contributed by atoms with van der Waals surface area (Å²) in [7, 11) is 0. The largest absolute Gasteiger partial charge is 0.329 e. The summed E-state index contributed by atoms with van der Waals surface area (Å²) < 4.78 is 0. The Hall–Kier alpha value is -1.43. The molecule has 0 aliphatic carbocycles. The van der Waals surface area contributed by atoms with Crippen LogP contribution in [0.4, 0.5) is 5.69 Å². The summed E-state index contributed by atoms with van der Waals surface area (Å²) in [6.07, 6.45) is 1.47. The molecule has 1 aromatic carbocycles. The van der Waals surface area contributed by atoms with Gasteiger partial charge in [-0.15, -0.1) is 23.7 Å². The standard InChI is InChI=1S/C17H23N3OS.ClH/c1-4-17(5-2,11-18)16(21)20-14-8-6-7-13(9-14)15-19-12(3)10-22-15;/h6-10H,4-5,11,18H2,1-3H3,(H,20,21);1H. The number of nitrogens with zero attached hydrogens (tertiary/aromatic N) is 1. The molecule has 0 radical (unpaired) electrons. The molecule has 0 aliphatic rings. The molecule has 3 N–H and O–H groups in total. The fourth-order valence-electron chi connectivity index (χ4n) is 2.43. The maximum Gasteiger partial charge on any atom is 0.231 e. The van der Waals surface area contributed by atoms with E-state index in [2.05, 4.69) is 10.3 Å². The lowest BCUT2D eigenvalue weighted by Gasteiger charge is -2.28. The van der Waals surface area contributed by atoms with Gasteiger partial charge in [-0.05, 0) is 31.9 Å². The molecule has 0 fully saturated rings. The number of aromatic nitrogens is 1. The molecule has 0 spiro atoms. The number of halogens is 1. The molecular formula is C17H24ClN3OS. The Bertz CT molecular complexity index is 645. The van der Waals surface area contributed by atoms with Crippen molar-refractivity contribution >= 4 is 35.3 Å². The average molecular weight is 354 g/mol. The summed E-state index contributed by atoms with van der Waals surface area (Å²) >= 11 is 1.61. The Kier molecular flexibility index (Phi) is 7.19. The van der Waals surface area contributed by atoms with Crippen molar-refractivity contribution in [2.24, 2.45) is 11.1 Å². The molecule has 1 aromatic heterocycles. The number of thiazole rings is 1. The van der Waals surface area contributed by atoms with Crippen LogP contribution in [0.3, 0.4) is 0 Å². The van der Waals surface area contributed by atoms with E-state index in [-0.39, 0.29) is 18.3 Å². The molecule has 0 saturated carbocycles. The Morgan fingerprint density at radius 3 is 2.57 bits per heavy atom. The molecule has 23 heavy (non-hydrogen) atoms. The normalized spacial score (nSPS) is 11.0. The molecule has 0 atom stereocenters. The molecule has 1 heterocycles. The SMILES string of the molecule is CCC(CC)(CN)C(=O)Nc1cccc(-c2nc(C)cs2)c1.Cl. The average Bonchev–Trinajstić information content (AvgIpc) is 2.96. The summed E-state index contributed by atoms with van der Waals surface area (Å²) in [5.41, 5.74) is 8.16. The van der Waals surface area contributed by atoms with Crippen LogP contribution in [-0.4, -0.2) is 17.4 Å². The maximum absolute atomic E-state index is 12.6. The van der Waals surface area contributed by atoms with Gasteiger partial charge in [-0.2, -0.15) is 0 Å². The number of hydrogen-bond acceptors (Lipinski definition) is 4. The number of hydrogen-bond donors (Lipinski definition) is 2. The van der Waals surface area contributed by atoms with Gasteiger partial charge in [0.15, 0.2) is 0 Å². The van der Waals surface area contributed by atoms with Gasteiger partial charge in [0.05, 0.1) is 5.41 Å². The highest BCUT2D eigenvalue weighted by atomic mass is 35.5. The van der Waals surface area contributed by atoms with Crippen LogP contribution >= 0.6 is 23.7 Å². The topological polar surface area (TPSA) is 68.0 Å². The lowest BCUT2D eigenvalue weighted by Crippen LogP contribution is -2.41. The van der Waals surface area contributed by atoms with Crippen molar-refractivity contribution in [1.29, 1.82) is 0 Å². The van der Waals surface area contributed by atoms with Crippen LogP contribution in [0.15, 0.2) is 29.6 Å². The van der Waals surface area contributed by atoms with Gasteiger partial charge in [-0.3, -0.25) is 4.79 Å². The third-order valence-corrected chi connectivity index (χ3v) is 5.22. The smallest absolute Gasteiger partial charge is 0.231 e. The van der Waals surface area contributed by atoms with Crippen LogP contribution in [-0.2, 0) is 4.79 Å². The highest BCUT2D eigenvalue weighted by Crippen LogP contribution is 2.29. The monoisotopic (exact) mass is 353 g/mol. The fraction of sp³-hybridized carbons (Fsp3) is 0.412. The van der Waals surface area contributed by atoms with Gasteiger partial charge in [0, 0.05) is 28.9 Å². The molecular weight excluding hydrogens is 330 g/mol. The number of rotatable bonds is 6. The van der Waals surface area contributed by atoms with Gasteiger partial charge in [0.2, 0.25) is 5.91 Å². The van der Waals surface area contributed by atoms with Crippen molar-refractivity contribution < 1.29 is 4.79 Å². The van der Waals surface area contributed by atoms with Crippen LogP contribution in [0.1, 0.15) is 32.4 Å². The van der Waals surface area contributed by atoms with Crippen molar-refractivity contribution in [3.05, 3.63) is 35.3 Å². The molecule has 0 bridgehead atoms. The third-order valence-electron chi connectivity index (χ3n) is 4.21. The summed E-state index contributed by atoms with van der Waals surface area (Å²) in [4.78, 5) is 17.1. The zero-order chi connectivity index (χ0) is 16.2. The number of aryl methyl sites for hydroxylation is 1. The Labute approximate surface area is 147 Å². The summed E-state index contributed by atoms with van der Waals surface area (Å²) in [6.45, 7) is 6.34. The fourth-order valence-corrected chi connectivity index (χ4v) is 3.23. The third kappa shape index (κ3) is 4.31. The van der Waals surface area contributed by atoms with Gasteiger partial charge < -0.3 is 11.1 Å². The first-order valence-electron chi connectivity index (χ1n) is 7.58. The quantitative estimate of drug-likeness (QED) is 0.815. The van der Waals surface area contributed by atoms with Gasteiger partial charge >= 0.3 is 0 Å².